The van der Waals surface area contributed by atoms with Crippen molar-refractivity contribution in [2.45, 2.75) is 33.2 Å². The van der Waals surface area contributed by atoms with E-state index in [-0.39, 0.29) is 28.7 Å². The Bertz CT molecular complexity index is 739. The van der Waals surface area contributed by atoms with Crippen molar-refractivity contribution in [1.29, 1.82) is 0 Å². The molecule has 0 saturated carbocycles. The van der Waals surface area contributed by atoms with Crippen molar-refractivity contribution in [1.82, 2.24) is 4.90 Å². The molecule has 1 aromatic rings. The number of non-ortho nitro benzene ring substituents is 1. The van der Waals surface area contributed by atoms with Gasteiger partial charge in [-0.2, -0.15) is 0 Å². The number of hydrogen-bond donors (Lipinski definition) is 0. The second kappa shape index (κ2) is 10.1. The van der Waals surface area contributed by atoms with Crippen LogP contribution in [0.3, 0.4) is 0 Å². The summed E-state index contributed by atoms with van der Waals surface area (Å²) in [4.78, 5) is 39.5. The molecule has 0 bridgehead atoms. The minimum absolute atomic E-state index is 0.0169. The molecule has 0 aromatic heterocycles. The van der Waals surface area contributed by atoms with Gasteiger partial charge in [-0.05, 0) is 36.8 Å². The predicted octanol–water partition coefficient (Wildman–Crippen LogP) is 2.64. The summed E-state index contributed by atoms with van der Waals surface area (Å²) in [5, 5.41) is 10.4. The zero-order chi connectivity index (χ0) is 21.6. The van der Waals surface area contributed by atoms with E-state index in [2.05, 4.69) is 23.6 Å². The first-order valence-corrected chi connectivity index (χ1v) is 10.4. The Balaban J connectivity index is 2.23. The number of likely N-dealkylation sites (N-methyl/N-ethyl adjacent to an activating group) is 1. The first kappa shape index (κ1) is 23.3. The SMILES string of the molecule is CCN(CC)CC[N+](CC(=O)Cl)(C(C)=O)[C@@H]1CCN(c2ccc([N+](=O)[O-])cc2)C1. The van der Waals surface area contributed by atoms with Gasteiger partial charge in [-0.15, -0.1) is 0 Å². The fraction of sp³-hybridized carbons (Fsp3) is 0.600. The number of halogens is 1. The van der Waals surface area contributed by atoms with Crippen molar-refractivity contribution < 1.29 is 19.0 Å². The van der Waals surface area contributed by atoms with Crippen molar-refractivity contribution >= 4 is 34.1 Å². The smallest absolute Gasteiger partial charge is 0.311 e. The predicted molar refractivity (Wildman–Crippen MR) is 113 cm³/mol. The molecular formula is C20H30ClN4O4+. The van der Waals surface area contributed by atoms with Gasteiger partial charge in [0.25, 0.3) is 10.9 Å². The second-order valence-electron chi connectivity index (χ2n) is 7.48. The molecule has 1 fully saturated rings. The fourth-order valence-electron chi connectivity index (χ4n) is 4.16. The Morgan fingerprint density at radius 1 is 1.28 bits per heavy atom. The monoisotopic (exact) mass is 425 g/mol. The summed E-state index contributed by atoms with van der Waals surface area (Å²) >= 11 is 5.77. The van der Waals surface area contributed by atoms with E-state index in [1.807, 2.05) is 0 Å². The molecule has 9 heteroatoms. The van der Waals surface area contributed by atoms with E-state index < -0.39 is 10.2 Å². The summed E-state index contributed by atoms with van der Waals surface area (Å²) in [5.41, 5.74) is 0.922. The normalized spacial score (nSPS) is 18.7. The molecule has 8 nitrogen and oxygen atoms in total. The van der Waals surface area contributed by atoms with Gasteiger partial charge in [0, 0.05) is 37.3 Å². The molecule has 0 radical (unpaired) electrons. The average molecular weight is 426 g/mol. The quantitative estimate of drug-likeness (QED) is 0.248. The lowest BCUT2D eigenvalue weighted by molar-refractivity contribution is -0.868. The van der Waals surface area contributed by atoms with Gasteiger partial charge >= 0.3 is 5.91 Å². The molecule has 1 amide bonds. The number of amides is 1. The van der Waals surface area contributed by atoms with Gasteiger partial charge in [-0.3, -0.25) is 19.8 Å². The van der Waals surface area contributed by atoms with Crippen molar-refractivity contribution in [3.8, 4) is 0 Å². The summed E-state index contributed by atoms with van der Waals surface area (Å²) in [6.07, 6.45) is 0.749. The molecule has 160 valence electrons. The Morgan fingerprint density at radius 3 is 2.38 bits per heavy atom. The van der Waals surface area contributed by atoms with Gasteiger partial charge in [-0.1, -0.05) is 13.8 Å². The van der Waals surface area contributed by atoms with E-state index in [1.165, 1.54) is 19.1 Å². The van der Waals surface area contributed by atoms with Crippen LogP contribution >= 0.6 is 11.6 Å². The highest BCUT2D eigenvalue weighted by atomic mass is 35.5. The molecule has 0 N–H and O–H groups in total. The van der Waals surface area contributed by atoms with Crippen molar-refractivity contribution in [2.24, 2.45) is 0 Å². The fourth-order valence-corrected chi connectivity index (χ4v) is 4.38. The van der Waals surface area contributed by atoms with E-state index in [1.54, 1.807) is 12.1 Å². The molecule has 2 atom stereocenters. The highest BCUT2D eigenvalue weighted by molar-refractivity contribution is 6.63. The molecule has 29 heavy (non-hydrogen) atoms. The molecule has 0 aliphatic carbocycles. The van der Waals surface area contributed by atoms with Crippen LogP contribution in [-0.4, -0.2) is 77.3 Å². The highest BCUT2D eigenvalue weighted by Crippen LogP contribution is 2.29. The third-order valence-electron chi connectivity index (χ3n) is 6.03. The van der Waals surface area contributed by atoms with Crippen LogP contribution in [-0.2, 0) is 9.59 Å². The van der Waals surface area contributed by atoms with Crippen LogP contribution in [0.5, 0.6) is 0 Å². The minimum atomic E-state index is -0.506. The standard InChI is InChI=1S/C20H30ClN4O4/c1-4-22(5-2)12-13-25(16(3)26,15-20(21)27)19-10-11-23(14-19)17-6-8-18(9-7-17)24(28)29/h6-9,19H,4-5,10-15H2,1-3H3/q+1/t19-,25?/m1/s1. The summed E-state index contributed by atoms with van der Waals surface area (Å²) in [7, 11) is 0. The molecule has 2 rings (SSSR count). The van der Waals surface area contributed by atoms with E-state index in [0.717, 1.165) is 31.7 Å². The molecular weight excluding hydrogens is 396 g/mol. The molecule has 1 aromatic carbocycles. The largest absolute Gasteiger partial charge is 0.365 e. The number of anilines is 1. The van der Waals surface area contributed by atoms with E-state index in [0.29, 0.717) is 19.6 Å². The highest BCUT2D eigenvalue weighted by Gasteiger charge is 2.46. The van der Waals surface area contributed by atoms with Gasteiger partial charge in [0.1, 0.15) is 6.04 Å². The molecule has 0 spiro atoms. The van der Waals surface area contributed by atoms with Crippen molar-refractivity contribution in [3.63, 3.8) is 0 Å². The van der Waals surface area contributed by atoms with Crippen LogP contribution < -0.4 is 4.90 Å². The first-order valence-electron chi connectivity index (χ1n) is 10.0. The number of benzene rings is 1. The third kappa shape index (κ3) is 5.52. The number of nitro benzene ring substituents is 1. The third-order valence-corrected chi connectivity index (χ3v) is 6.15. The maximum absolute atomic E-state index is 12.8. The number of nitrogens with zero attached hydrogens (tertiary/aromatic N) is 4. The molecule has 1 saturated heterocycles. The lowest BCUT2D eigenvalue weighted by Gasteiger charge is -2.40. The van der Waals surface area contributed by atoms with Gasteiger partial charge < -0.3 is 4.90 Å². The number of nitro groups is 1. The van der Waals surface area contributed by atoms with E-state index in [9.17, 15) is 19.7 Å². The number of carbonyl (C=O) groups is 2. The van der Waals surface area contributed by atoms with Crippen LogP contribution in [0.25, 0.3) is 0 Å². The summed E-state index contributed by atoms with van der Waals surface area (Å²) in [6, 6.07) is 6.37. The van der Waals surface area contributed by atoms with Gasteiger partial charge in [-0.25, -0.2) is 9.28 Å². The number of carbonyl (C=O) groups excluding carboxylic acids is 2. The zero-order valence-corrected chi connectivity index (χ0v) is 18.1. The van der Waals surface area contributed by atoms with Gasteiger partial charge in [0.2, 0.25) is 0 Å². The van der Waals surface area contributed by atoms with Crippen molar-refractivity contribution in [3.05, 3.63) is 34.4 Å². The Kier molecular flexibility index (Phi) is 8.13. The maximum Gasteiger partial charge on any atom is 0.311 e. The zero-order valence-electron chi connectivity index (χ0n) is 17.3. The molecule has 1 aliphatic rings. The van der Waals surface area contributed by atoms with Gasteiger partial charge in [0.15, 0.2) is 6.54 Å². The Morgan fingerprint density at radius 2 is 1.90 bits per heavy atom. The summed E-state index contributed by atoms with van der Waals surface area (Å²) < 4.78 is 0.0440. The number of hydrogen-bond acceptors (Lipinski definition) is 6. The van der Waals surface area contributed by atoms with Crippen molar-refractivity contribution in [2.75, 3.05) is 50.7 Å². The lowest BCUT2D eigenvalue weighted by atomic mass is 10.1. The maximum atomic E-state index is 12.8. The van der Waals surface area contributed by atoms with Crippen LogP contribution in [0, 0.1) is 10.1 Å². The van der Waals surface area contributed by atoms with Crippen LogP contribution in [0.15, 0.2) is 24.3 Å². The minimum Gasteiger partial charge on any atom is -0.365 e. The molecule has 1 aliphatic heterocycles. The molecule has 1 heterocycles. The van der Waals surface area contributed by atoms with Crippen LogP contribution in [0.2, 0.25) is 0 Å². The summed E-state index contributed by atoms with van der Waals surface area (Å²) in [5.74, 6) is -0.0540. The Labute approximate surface area is 176 Å². The summed E-state index contributed by atoms with van der Waals surface area (Å²) in [6.45, 7) is 9.99. The molecule has 1 unspecified atom stereocenters. The van der Waals surface area contributed by atoms with Crippen LogP contribution in [0.1, 0.15) is 27.2 Å². The topological polar surface area (TPSA) is 83.8 Å². The van der Waals surface area contributed by atoms with Crippen LogP contribution in [0.4, 0.5) is 11.4 Å². The van der Waals surface area contributed by atoms with E-state index in [4.69, 9.17) is 11.6 Å². The second-order valence-corrected chi connectivity index (χ2v) is 7.90. The first-order chi connectivity index (χ1) is 13.7. The lowest BCUT2D eigenvalue weighted by Crippen LogP contribution is -2.63. The van der Waals surface area contributed by atoms with E-state index >= 15 is 0 Å². The number of quaternary nitrogens is 1. The Hall–Kier alpha value is -2.03. The van der Waals surface area contributed by atoms with Gasteiger partial charge in [0.05, 0.1) is 24.9 Å². The average Bonchev–Trinajstić information content (AvgIpc) is 3.18. The number of rotatable bonds is 10.